The van der Waals surface area contributed by atoms with E-state index in [1.807, 2.05) is 29.2 Å². The quantitative estimate of drug-likeness (QED) is 0.928. The highest BCUT2D eigenvalue weighted by Gasteiger charge is 2.33. The maximum absolute atomic E-state index is 14.1. The Morgan fingerprint density at radius 3 is 2.72 bits per heavy atom. The van der Waals surface area contributed by atoms with Crippen LogP contribution < -0.4 is 10.1 Å². The summed E-state index contributed by atoms with van der Waals surface area (Å²) in [7, 11) is 1.63. The number of piperazine rings is 1. The van der Waals surface area contributed by atoms with Gasteiger partial charge in [0.25, 0.3) is 0 Å². The van der Waals surface area contributed by atoms with Crippen LogP contribution in [0.4, 0.5) is 4.39 Å². The number of nitrogens with one attached hydrogen (secondary N) is 1. The molecule has 0 bridgehead atoms. The zero-order chi connectivity index (χ0) is 17.8. The topological polar surface area (TPSA) is 41.6 Å². The second kappa shape index (κ2) is 7.66. The molecule has 1 fully saturated rings. The number of ether oxygens (including phenoxy) is 1. The minimum Gasteiger partial charge on any atom is -0.496 e. The molecule has 0 saturated carbocycles. The van der Waals surface area contributed by atoms with Crippen LogP contribution >= 0.6 is 0 Å². The summed E-state index contributed by atoms with van der Waals surface area (Å²) >= 11 is 0. The van der Waals surface area contributed by atoms with Gasteiger partial charge in [0.05, 0.1) is 19.1 Å². The summed E-state index contributed by atoms with van der Waals surface area (Å²) in [5, 5.41) is 3.34. The van der Waals surface area contributed by atoms with Crippen molar-refractivity contribution >= 4 is 5.91 Å². The molecule has 0 aromatic heterocycles. The number of halogens is 1. The lowest BCUT2D eigenvalue weighted by molar-refractivity contribution is -0.135. The zero-order valence-corrected chi connectivity index (χ0v) is 14.5. The van der Waals surface area contributed by atoms with Crippen molar-refractivity contribution in [3.05, 3.63) is 65.5 Å². The van der Waals surface area contributed by atoms with Crippen LogP contribution in [-0.2, 0) is 4.79 Å². The number of methoxy groups -OCH3 is 1. The fraction of sp³-hybridized carbons (Fsp3) is 0.350. The van der Waals surface area contributed by atoms with Crippen LogP contribution in [-0.4, -0.2) is 37.6 Å². The lowest BCUT2D eigenvalue weighted by atomic mass is 9.95. The zero-order valence-electron chi connectivity index (χ0n) is 14.5. The predicted molar refractivity (Wildman–Crippen MR) is 95.1 cm³/mol. The number of amides is 1. The molecule has 1 aliphatic rings. The van der Waals surface area contributed by atoms with Crippen molar-refractivity contribution in [3.8, 4) is 5.75 Å². The highest BCUT2D eigenvalue weighted by Crippen LogP contribution is 2.32. The van der Waals surface area contributed by atoms with Crippen molar-refractivity contribution in [2.45, 2.75) is 18.9 Å². The number of hydrogen-bond donors (Lipinski definition) is 1. The second-order valence-corrected chi connectivity index (χ2v) is 6.24. The number of benzene rings is 2. The predicted octanol–water partition coefficient (Wildman–Crippen LogP) is 3.11. The van der Waals surface area contributed by atoms with Gasteiger partial charge in [-0.3, -0.25) is 4.79 Å². The Kier molecular flexibility index (Phi) is 5.34. The summed E-state index contributed by atoms with van der Waals surface area (Å²) in [5.41, 5.74) is 1.40. The summed E-state index contributed by atoms with van der Waals surface area (Å²) in [4.78, 5) is 15.0. The molecule has 0 radical (unpaired) electrons. The molecule has 0 aliphatic carbocycles. The normalized spacial score (nSPS) is 18.7. The number of hydrogen-bond acceptors (Lipinski definition) is 3. The van der Waals surface area contributed by atoms with E-state index in [0.717, 1.165) is 17.9 Å². The molecule has 2 unspecified atom stereocenters. The fourth-order valence-electron chi connectivity index (χ4n) is 3.40. The summed E-state index contributed by atoms with van der Waals surface area (Å²) in [6, 6.07) is 14.1. The highest BCUT2D eigenvalue weighted by molar-refractivity contribution is 5.84. The van der Waals surface area contributed by atoms with Gasteiger partial charge in [0, 0.05) is 25.2 Å². The van der Waals surface area contributed by atoms with Crippen LogP contribution in [0.3, 0.4) is 0 Å². The molecule has 132 valence electrons. The van der Waals surface area contributed by atoms with Gasteiger partial charge in [0.2, 0.25) is 5.91 Å². The van der Waals surface area contributed by atoms with Crippen molar-refractivity contribution in [1.29, 1.82) is 0 Å². The Morgan fingerprint density at radius 2 is 1.96 bits per heavy atom. The SMILES string of the molecule is COc1ccccc1C1CNCCN1C(=O)C(C)c1ccccc1F. The third kappa shape index (κ3) is 3.51. The van der Waals surface area contributed by atoms with Gasteiger partial charge in [0.15, 0.2) is 0 Å². The Hall–Kier alpha value is -2.40. The standard InChI is InChI=1S/C20H23FN2O2/c1-14(15-7-3-5-9-17(15)21)20(24)23-12-11-22-13-18(23)16-8-4-6-10-19(16)25-2/h3-10,14,18,22H,11-13H2,1-2H3. The van der Waals surface area contributed by atoms with Crippen LogP contribution in [0.5, 0.6) is 5.75 Å². The van der Waals surface area contributed by atoms with Crippen molar-refractivity contribution in [3.63, 3.8) is 0 Å². The number of rotatable bonds is 4. The van der Waals surface area contributed by atoms with Gasteiger partial charge in [0.1, 0.15) is 11.6 Å². The van der Waals surface area contributed by atoms with Crippen LogP contribution in [0.2, 0.25) is 0 Å². The summed E-state index contributed by atoms with van der Waals surface area (Å²) < 4.78 is 19.6. The molecule has 25 heavy (non-hydrogen) atoms. The average molecular weight is 342 g/mol. The molecule has 3 rings (SSSR count). The average Bonchev–Trinajstić information content (AvgIpc) is 2.67. The molecule has 1 amide bonds. The summed E-state index contributed by atoms with van der Waals surface area (Å²) in [6.45, 7) is 3.72. The molecule has 1 heterocycles. The summed E-state index contributed by atoms with van der Waals surface area (Å²) in [6.07, 6.45) is 0. The van der Waals surface area contributed by atoms with Crippen LogP contribution in [0.25, 0.3) is 0 Å². The van der Waals surface area contributed by atoms with Crippen LogP contribution in [0.1, 0.15) is 30.0 Å². The van der Waals surface area contributed by atoms with Crippen molar-refractivity contribution < 1.29 is 13.9 Å². The van der Waals surface area contributed by atoms with Gasteiger partial charge in [-0.05, 0) is 24.6 Å². The van der Waals surface area contributed by atoms with E-state index in [4.69, 9.17) is 4.74 Å². The molecule has 5 heteroatoms. The fourth-order valence-corrected chi connectivity index (χ4v) is 3.40. The third-order valence-electron chi connectivity index (χ3n) is 4.77. The molecule has 2 aromatic rings. The van der Waals surface area contributed by atoms with Crippen LogP contribution in [0, 0.1) is 5.82 Å². The van der Waals surface area contributed by atoms with Crippen molar-refractivity contribution in [2.24, 2.45) is 0 Å². The first-order chi connectivity index (χ1) is 12.1. The molecule has 2 atom stereocenters. The lowest BCUT2D eigenvalue weighted by Gasteiger charge is -2.38. The van der Waals surface area contributed by atoms with Crippen molar-refractivity contribution in [2.75, 3.05) is 26.7 Å². The molecule has 4 nitrogen and oxygen atoms in total. The second-order valence-electron chi connectivity index (χ2n) is 6.24. The van der Waals surface area contributed by atoms with E-state index in [1.165, 1.54) is 6.07 Å². The van der Waals surface area contributed by atoms with Gasteiger partial charge in [-0.2, -0.15) is 0 Å². The van der Waals surface area contributed by atoms with E-state index in [1.54, 1.807) is 32.2 Å². The Morgan fingerprint density at radius 1 is 1.24 bits per heavy atom. The number of carbonyl (C=O) groups is 1. The molecule has 0 spiro atoms. The Bertz CT molecular complexity index is 750. The van der Waals surface area contributed by atoms with E-state index in [-0.39, 0.29) is 17.8 Å². The molecular weight excluding hydrogens is 319 g/mol. The molecule has 1 saturated heterocycles. The lowest BCUT2D eigenvalue weighted by Crippen LogP contribution is -2.50. The molecule has 1 N–H and O–H groups in total. The monoisotopic (exact) mass is 342 g/mol. The van der Waals surface area contributed by atoms with E-state index in [2.05, 4.69) is 5.32 Å². The number of para-hydroxylation sites is 1. The minimum atomic E-state index is -0.531. The number of carbonyl (C=O) groups excluding carboxylic acids is 1. The minimum absolute atomic E-state index is 0.0671. The smallest absolute Gasteiger partial charge is 0.230 e. The van der Waals surface area contributed by atoms with E-state index in [9.17, 15) is 9.18 Å². The van der Waals surface area contributed by atoms with Gasteiger partial charge in [-0.1, -0.05) is 36.4 Å². The van der Waals surface area contributed by atoms with Crippen LogP contribution in [0.15, 0.2) is 48.5 Å². The first kappa shape index (κ1) is 17.4. The largest absolute Gasteiger partial charge is 0.496 e. The van der Waals surface area contributed by atoms with Crippen molar-refractivity contribution in [1.82, 2.24) is 10.2 Å². The Balaban J connectivity index is 1.90. The first-order valence-electron chi connectivity index (χ1n) is 8.52. The van der Waals surface area contributed by atoms with E-state index >= 15 is 0 Å². The molecule has 2 aromatic carbocycles. The van der Waals surface area contributed by atoms with Gasteiger partial charge < -0.3 is 15.0 Å². The Labute approximate surface area is 147 Å². The maximum Gasteiger partial charge on any atom is 0.230 e. The molecule has 1 aliphatic heterocycles. The third-order valence-corrected chi connectivity index (χ3v) is 4.77. The molecular formula is C20H23FN2O2. The van der Waals surface area contributed by atoms with E-state index < -0.39 is 5.92 Å². The summed E-state index contributed by atoms with van der Waals surface area (Å²) in [5.74, 6) is -0.182. The first-order valence-corrected chi connectivity index (χ1v) is 8.52. The maximum atomic E-state index is 14.1. The highest BCUT2D eigenvalue weighted by atomic mass is 19.1. The van der Waals surface area contributed by atoms with E-state index in [0.29, 0.717) is 18.7 Å². The van der Waals surface area contributed by atoms with Gasteiger partial charge >= 0.3 is 0 Å². The number of nitrogens with zero attached hydrogens (tertiary/aromatic N) is 1. The van der Waals surface area contributed by atoms with Gasteiger partial charge in [-0.25, -0.2) is 4.39 Å². The van der Waals surface area contributed by atoms with Gasteiger partial charge in [-0.15, -0.1) is 0 Å².